The number of aliphatic carboxylic acids is 1. The molecule has 172 valence electrons. The second kappa shape index (κ2) is 21.6. The predicted molar refractivity (Wildman–Crippen MR) is 118 cm³/mol. The molecule has 1 unspecified atom stereocenters. The minimum atomic E-state index is -0.678. The first-order valence-electron chi connectivity index (χ1n) is 12.1. The minimum Gasteiger partial charge on any atom is -0.481 e. The fourth-order valence-electron chi connectivity index (χ4n) is 3.47. The summed E-state index contributed by atoms with van der Waals surface area (Å²) in [4.78, 5) is 20.8. The normalized spacial score (nSPS) is 15.0. The molecule has 0 aromatic heterocycles. The molecule has 1 aliphatic heterocycles. The number of carbonyl (C=O) groups is 2. The zero-order valence-corrected chi connectivity index (χ0v) is 18.8. The first kappa shape index (κ1) is 27.9. The molecule has 0 aliphatic carbocycles. The van der Waals surface area contributed by atoms with Gasteiger partial charge in [-0.2, -0.15) is 0 Å². The fourth-order valence-corrected chi connectivity index (χ4v) is 3.47. The average Bonchev–Trinajstić information content (AvgIpc) is 2.94. The van der Waals surface area contributed by atoms with E-state index >= 15 is 0 Å². The molecule has 29 heavy (non-hydrogen) atoms. The summed E-state index contributed by atoms with van der Waals surface area (Å²) < 4.78 is 4.76. The van der Waals surface area contributed by atoms with Gasteiger partial charge in [-0.15, -0.1) is 0 Å². The summed E-state index contributed by atoms with van der Waals surface area (Å²) in [5.41, 5.74) is 0. The second-order valence-corrected chi connectivity index (χ2v) is 8.30. The molecule has 1 saturated heterocycles. The number of hydrogen-bond acceptors (Lipinski definition) is 4. The minimum absolute atomic E-state index is 0.0255. The first-order chi connectivity index (χ1) is 14.1. The van der Waals surface area contributed by atoms with Crippen molar-refractivity contribution < 1.29 is 24.5 Å². The Morgan fingerprint density at radius 1 is 0.862 bits per heavy atom. The number of aliphatic hydroxyl groups excluding tert-OH is 1. The third kappa shape index (κ3) is 23.0. The van der Waals surface area contributed by atoms with Crippen LogP contribution < -0.4 is 0 Å². The maximum Gasteiger partial charge on any atom is 0.305 e. The van der Waals surface area contributed by atoms with Crippen molar-refractivity contribution in [1.29, 1.82) is 0 Å². The molecule has 1 rings (SSSR count). The lowest BCUT2D eigenvalue weighted by molar-refractivity contribution is -0.142. The highest BCUT2D eigenvalue weighted by Gasteiger charge is 2.06. The molecule has 0 amide bonds. The van der Waals surface area contributed by atoms with Crippen LogP contribution >= 0.6 is 0 Å². The third-order valence-electron chi connectivity index (χ3n) is 5.36. The monoisotopic (exact) mass is 414 g/mol. The van der Waals surface area contributed by atoms with Crippen molar-refractivity contribution in [2.24, 2.45) is 0 Å². The Morgan fingerprint density at radius 2 is 1.41 bits per heavy atom. The smallest absolute Gasteiger partial charge is 0.305 e. The van der Waals surface area contributed by atoms with Gasteiger partial charge in [0.2, 0.25) is 0 Å². The summed E-state index contributed by atoms with van der Waals surface area (Å²) in [6, 6.07) is 0. The van der Waals surface area contributed by atoms with E-state index < -0.39 is 5.97 Å². The molecule has 5 heteroatoms. The maximum atomic E-state index is 10.5. The molecule has 0 bridgehead atoms. The molecule has 5 nitrogen and oxygen atoms in total. The van der Waals surface area contributed by atoms with Gasteiger partial charge in [-0.25, -0.2) is 0 Å². The third-order valence-corrected chi connectivity index (χ3v) is 5.36. The van der Waals surface area contributed by atoms with E-state index in [0.717, 1.165) is 57.8 Å². The zero-order chi connectivity index (χ0) is 21.6. The van der Waals surface area contributed by atoms with Crippen molar-refractivity contribution >= 4 is 11.9 Å². The van der Waals surface area contributed by atoms with Crippen molar-refractivity contribution in [1.82, 2.24) is 0 Å². The summed E-state index contributed by atoms with van der Waals surface area (Å²) in [6.07, 6.45) is 20.1. The molecule has 0 aromatic carbocycles. The Hall–Kier alpha value is -1.10. The number of ether oxygens (including phenoxy) is 1. The van der Waals surface area contributed by atoms with Gasteiger partial charge in [0.1, 0.15) is 0 Å². The SMILES string of the molecule is CCCCCCC(O)CCCCCCCCCCC(=O)O.O=C1CCCCCO1. The lowest BCUT2D eigenvalue weighted by Crippen LogP contribution is -2.05. The lowest BCUT2D eigenvalue weighted by Gasteiger charge is -2.10. The van der Waals surface area contributed by atoms with Crippen LogP contribution in [0.4, 0.5) is 0 Å². The van der Waals surface area contributed by atoms with E-state index in [9.17, 15) is 14.7 Å². The van der Waals surface area contributed by atoms with E-state index in [1.54, 1.807) is 0 Å². The standard InChI is InChI=1S/C18H36O3.C6H10O2/c1-2-3-4-11-14-17(19)15-12-9-7-5-6-8-10-13-16-18(20)21;7-6-4-2-1-3-5-8-6/h17,19H,2-16H2,1H3,(H,20,21);1-5H2. The number of carboxylic acid groups (broad SMARTS) is 1. The number of cyclic esters (lactones) is 1. The summed E-state index contributed by atoms with van der Waals surface area (Å²) >= 11 is 0. The van der Waals surface area contributed by atoms with Gasteiger partial charge < -0.3 is 14.9 Å². The highest BCUT2D eigenvalue weighted by molar-refractivity contribution is 5.69. The summed E-state index contributed by atoms with van der Waals surface area (Å²) in [5.74, 6) is -0.703. The van der Waals surface area contributed by atoms with Gasteiger partial charge in [0.15, 0.2) is 0 Å². The van der Waals surface area contributed by atoms with E-state index in [-0.39, 0.29) is 12.1 Å². The Morgan fingerprint density at radius 3 is 2.00 bits per heavy atom. The van der Waals surface area contributed by atoms with Gasteiger partial charge >= 0.3 is 11.9 Å². The number of hydrogen-bond donors (Lipinski definition) is 2. The largest absolute Gasteiger partial charge is 0.481 e. The predicted octanol–water partition coefficient (Wildman–Crippen LogP) is 6.41. The quantitative estimate of drug-likeness (QED) is 0.225. The molecule has 0 radical (unpaired) electrons. The van der Waals surface area contributed by atoms with Crippen LogP contribution in [0.15, 0.2) is 0 Å². The first-order valence-corrected chi connectivity index (χ1v) is 12.1. The van der Waals surface area contributed by atoms with Gasteiger partial charge in [-0.1, -0.05) is 77.6 Å². The van der Waals surface area contributed by atoms with Gasteiger partial charge in [0, 0.05) is 12.8 Å². The van der Waals surface area contributed by atoms with Crippen LogP contribution in [-0.2, 0) is 14.3 Å². The van der Waals surface area contributed by atoms with Gasteiger partial charge in [0.05, 0.1) is 12.7 Å². The molecule has 0 spiro atoms. The molecule has 1 atom stereocenters. The Labute approximate surface area is 178 Å². The molecule has 0 aromatic rings. The second-order valence-electron chi connectivity index (χ2n) is 8.30. The molecular weight excluding hydrogens is 368 g/mol. The van der Waals surface area contributed by atoms with Crippen molar-refractivity contribution in [3.05, 3.63) is 0 Å². The fraction of sp³-hybridized carbons (Fsp3) is 0.917. The lowest BCUT2D eigenvalue weighted by atomic mass is 10.0. The van der Waals surface area contributed by atoms with Crippen molar-refractivity contribution in [3.63, 3.8) is 0 Å². The maximum absolute atomic E-state index is 10.5. The Balaban J connectivity index is 0.000000807. The molecule has 2 N–H and O–H groups in total. The van der Waals surface area contributed by atoms with E-state index in [2.05, 4.69) is 6.92 Å². The molecule has 1 aliphatic rings. The van der Waals surface area contributed by atoms with Crippen LogP contribution in [0.1, 0.15) is 129 Å². The molecule has 1 fully saturated rings. The number of carboxylic acids is 1. The van der Waals surface area contributed by atoms with E-state index in [4.69, 9.17) is 9.84 Å². The zero-order valence-electron chi connectivity index (χ0n) is 18.8. The Kier molecular flexibility index (Phi) is 20.8. The summed E-state index contributed by atoms with van der Waals surface area (Å²) in [7, 11) is 0. The summed E-state index contributed by atoms with van der Waals surface area (Å²) in [6.45, 7) is 2.85. The van der Waals surface area contributed by atoms with Crippen LogP contribution in [0, 0.1) is 0 Å². The summed E-state index contributed by atoms with van der Waals surface area (Å²) in [5, 5.41) is 18.4. The van der Waals surface area contributed by atoms with Crippen molar-refractivity contribution in [2.45, 2.75) is 135 Å². The number of rotatable bonds is 16. The van der Waals surface area contributed by atoms with E-state index in [1.165, 1.54) is 51.4 Å². The van der Waals surface area contributed by atoms with Gasteiger partial charge in [0.25, 0.3) is 0 Å². The van der Waals surface area contributed by atoms with E-state index in [1.807, 2.05) is 0 Å². The topological polar surface area (TPSA) is 83.8 Å². The molecule has 1 heterocycles. The van der Waals surface area contributed by atoms with Crippen molar-refractivity contribution in [3.8, 4) is 0 Å². The number of aliphatic hydroxyl groups is 1. The molecule has 0 saturated carbocycles. The Bertz CT molecular complexity index is 373. The van der Waals surface area contributed by atoms with Gasteiger partial charge in [-0.3, -0.25) is 9.59 Å². The van der Waals surface area contributed by atoms with Crippen molar-refractivity contribution in [2.75, 3.05) is 6.61 Å². The number of esters is 1. The van der Waals surface area contributed by atoms with Crippen LogP contribution in [0.5, 0.6) is 0 Å². The van der Waals surface area contributed by atoms with Crippen LogP contribution in [0.3, 0.4) is 0 Å². The highest BCUT2D eigenvalue weighted by atomic mass is 16.5. The van der Waals surface area contributed by atoms with Gasteiger partial charge in [-0.05, 0) is 38.5 Å². The van der Waals surface area contributed by atoms with Crippen LogP contribution in [0.2, 0.25) is 0 Å². The van der Waals surface area contributed by atoms with Crippen LogP contribution in [-0.4, -0.2) is 34.9 Å². The number of carbonyl (C=O) groups excluding carboxylic acids is 1. The number of unbranched alkanes of at least 4 members (excludes halogenated alkanes) is 10. The highest BCUT2D eigenvalue weighted by Crippen LogP contribution is 2.14. The molecular formula is C24H46O5. The van der Waals surface area contributed by atoms with Crippen LogP contribution in [0.25, 0.3) is 0 Å². The van der Waals surface area contributed by atoms with E-state index in [0.29, 0.717) is 19.4 Å². The average molecular weight is 415 g/mol.